The second-order valence-electron chi connectivity index (χ2n) is 12.0. The lowest BCUT2D eigenvalue weighted by Gasteiger charge is -2.42. The Labute approximate surface area is 215 Å². The van der Waals surface area contributed by atoms with Gasteiger partial charge in [0.25, 0.3) is 5.69 Å². The van der Waals surface area contributed by atoms with Crippen molar-refractivity contribution in [3.63, 3.8) is 0 Å². The number of piperidine rings is 1. The van der Waals surface area contributed by atoms with E-state index in [1.807, 2.05) is 12.1 Å². The topological polar surface area (TPSA) is 63.5 Å². The van der Waals surface area contributed by atoms with E-state index in [2.05, 4.69) is 44.7 Å². The van der Waals surface area contributed by atoms with Gasteiger partial charge in [-0.05, 0) is 95.9 Å². The van der Waals surface area contributed by atoms with E-state index in [4.69, 9.17) is 0 Å². The van der Waals surface area contributed by atoms with E-state index < -0.39 is 0 Å². The molecule has 2 aliphatic carbocycles. The Kier molecular flexibility index (Phi) is 6.93. The van der Waals surface area contributed by atoms with Crippen molar-refractivity contribution in [2.24, 2.45) is 23.7 Å². The molecule has 4 unspecified atom stereocenters. The first-order valence-corrected chi connectivity index (χ1v) is 13.9. The molecule has 5 heteroatoms. The fraction of sp³-hybridized carbons (Fsp3) is 0.581. The SMILES string of the molecule is CC(C)C1CCc2c(ccc3c2CC(C)C(C)C3C(=O)N2CCC(c3ccc([N+](=O)[O-])cc3)CC2)C1. The number of amides is 1. The Bertz CT molecular complexity index is 1130. The van der Waals surface area contributed by atoms with Gasteiger partial charge in [0.05, 0.1) is 10.8 Å². The zero-order valence-electron chi connectivity index (χ0n) is 22.2. The minimum atomic E-state index is -0.352. The summed E-state index contributed by atoms with van der Waals surface area (Å²) in [4.78, 5) is 26.7. The van der Waals surface area contributed by atoms with E-state index in [1.54, 1.807) is 17.7 Å². The third kappa shape index (κ3) is 4.57. The highest BCUT2D eigenvalue weighted by molar-refractivity contribution is 5.85. The fourth-order valence-electron chi connectivity index (χ4n) is 7.05. The van der Waals surface area contributed by atoms with E-state index >= 15 is 0 Å². The number of rotatable bonds is 4. The van der Waals surface area contributed by atoms with Gasteiger partial charge in [-0.2, -0.15) is 0 Å². The van der Waals surface area contributed by atoms with Crippen molar-refractivity contribution in [1.29, 1.82) is 0 Å². The monoisotopic (exact) mass is 488 g/mol. The number of nitrogens with zero attached hydrogens (tertiary/aromatic N) is 2. The van der Waals surface area contributed by atoms with Crippen LogP contribution in [-0.2, 0) is 24.1 Å². The molecular formula is C31H40N2O3. The number of hydrogen-bond donors (Lipinski definition) is 0. The van der Waals surface area contributed by atoms with Crippen LogP contribution in [0.1, 0.15) is 86.6 Å². The normalized spacial score (nSPS) is 26.4. The first-order chi connectivity index (χ1) is 17.2. The molecule has 3 aliphatic rings. The number of fused-ring (bicyclic) bond motifs is 3. The van der Waals surface area contributed by atoms with Crippen LogP contribution in [0, 0.1) is 33.8 Å². The van der Waals surface area contributed by atoms with Crippen LogP contribution < -0.4 is 0 Å². The molecule has 5 rings (SSSR count). The Morgan fingerprint density at radius 3 is 2.31 bits per heavy atom. The van der Waals surface area contributed by atoms with Crippen LogP contribution in [0.3, 0.4) is 0 Å². The molecule has 0 spiro atoms. The number of likely N-dealkylation sites (tertiary alicyclic amines) is 1. The molecule has 0 aromatic heterocycles. The lowest BCUT2D eigenvalue weighted by molar-refractivity contribution is -0.384. The number of nitro groups is 1. The average Bonchev–Trinajstić information content (AvgIpc) is 2.89. The molecule has 1 saturated heterocycles. The first kappa shape index (κ1) is 25.0. The number of benzene rings is 2. The smallest absolute Gasteiger partial charge is 0.269 e. The predicted octanol–water partition coefficient (Wildman–Crippen LogP) is 6.67. The highest BCUT2D eigenvalue weighted by Gasteiger charge is 2.41. The maximum atomic E-state index is 14.0. The van der Waals surface area contributed by atoms with E-state index in [1.165, 1.54) is 29.5 Å². The van der Waals surface area contributed by atoms with Gasteiger partial charge in [-0.3, -0.25) is 14.9 Å². The molecule has 1 aliphatic heterocycles. The van der Waals surface area contributed by atoms with Crippen molar-refractivity contribution < 1.29 is 9.72 Å². The van der Waals surface area contributed by atoms with Crippen molar-refractivity contribution in [2.45, 2.75) is 78.1 Å². The Hall–Kier alpha value is -2.69. The zero-order chi connectivity index (χ0) is 25.6. The van der Waals surface area contributed by atoms with E-state index in [-0.39, 0.29) is 16.5 Å². The molecule has 2 aromatic rings. The Morgan fingerprint density at radius 2 is 1.67 bits per heavy atom. The van der Waals surface area contributed by atoms with Crippen LogP contribution in [0.2, 0.25) is 0 Å². The molecular weight excluding hydrogens is 448 g/mol. The fourth-order valence-corrected chi connectivity index (χ4v) is 7.05. The summed E-state index contributed by atoms with van der Waals surface area (Å²) < 4.78 is 0. The van der Waals surface area contributed by atoms with Gasteiger partial charge in [0.1, 0.15) is 0 Å². The highest BCUT2D eigenvalue weighted by Crippen LogP contribution is 2.45. The van der Waals surface area contributed by atoms with Gasteiger partial charge in [-0.15, -0.1) is 0 Å². The minimum Gasteiger partial charge on any atom is -0.342 e. The third-order valence-corrected chi connectivity index (χ3v) is 9.69. The van der Waals surface area contributed by atoms with Crippen molar-refractivity contribution in [1.82, 2.24) is 4.90 Å². The lowest BCUT2D eigenvalue weighted by atomic mass is 9.66. The molecule has 1 fully saturated rings. The van der Waals surface area contributed by atoms with Gasteiger partial charge in [0, 0.05) is 25.2 Å². The third-order valence-electron chi connectivity index (χ3n) is 9.69. The Balaban J connectivity index is 1.33. The molecule has 0 bridgehead atoms. The summed E-state index contributed by atoms with van der Waals surface area (Å²) >= 11 is 0. The average molecular weight is 489 g/mol. The summed E-state index contributed by atoms with van der Waals surface area (Å²) in [5, 5.41) is 11.0. The van der Waals surface area contributed by atoms with Crippen molar-refractivity contribution >= 4 is 11.6 Å². The summed E-state index contributed by atoms with van der Waals surface area (Å²) in [5.74, 6) is 2.93. The summed E-state index contributed by atoms with van der Waals surface area (Å²) in [6, 6.07) is 11.6. The van der Waals surface area contributed by atoms with Crippen LogP contribution in [0.4, 0.5) is 5.69 Å². The van der Waals surface area contributed by atoms with Gasteiger partial charge in [0.2, 0.25) is 5.91 Å². The molecule has 4 atom stereocenters. The summed E-state index contributed by atoms with van der Waals surface area (Å²) in [6.45, 7) is 10.8. The number of non-ortho nitro benzene ring substituents is 1. The van der Waals surface area contributed by atoms with Gasteiger partial charge in [-0.1, -0.05) is 52.0 Å². The molecule has 192 valence electrons. The number of carbonyl (C=O) groups excluding carboxylic acids is 1. The number of carbonyl (C=O) groups is 1. The molecule has 5 nitrogen and oxygen atoms in total. The molecule has 36 heavy (non-hydrogen) atoms. The van der Waals surface area contributed by atoms with Crippen molar-refractivity contribution in [2.75, 3.05) is 13.1 Å². The second kappa shape index (κ2) is 9.99. The first-order valence-electron chi connectivity index (χ1n) is 13.9. The van der Waals surface area contributed by atoms with E-state index in [0.29, 0.717) is 23.7 Å². The van der Waals surface area contributed by atoms with Crippen LogP contribution in [-0.4, -0.2) is 28.8 Å². The standard InChI is InChI=1S/C31H40N2O3/c1-19(2)24-7-11-27-25(18-24)8-12-28-29(27)17-20(3)21(4)30(28)31(34)32-15-13-23(14-16-32)22-5-9-26(10-6-22)33(35)36/h5-6,8-10,12,19-21,23-24,30H,7,11,13-18H2,1-4H3. The molecule has 0 radical (unpaired) electrons. The van der Waals surface area contributed by atoms with Crippen LogP contribution in [0.15, 0.2) is 36.4 Å². The molecule has 2 aromatic carbocycles. The van der Waals surface area contributed by atoms with E-state index in [9.17, 15) is 14.9 Å². The highest BCUT2D eigenvalue weighted by atomic mass is 16.6. The molecule has 0 N–H and O–H groups in total. The van der Waals surface area contributed by atoms with Gasteiger partial charge < -0.3 is 4.90 Å². The van der Waals surface area contributed by atoms with Crippen molar-refractivity contribution in [3.05, 3.63) is 74.3 Å². The van der Waals surface area contributed by atoms with Crippen LogP contribution in [0.5, 0.6) is 0 Å². The minimum absolute atomic E-state index is 0.0483. The predicted molar refractivity (Wildman–Crippen MR) is 143 cm³/mol. The Morgan fingerprint density at radius 1 is 0.972 bits per heavy atom. The maximum Gasteiger partial charge on any atom is 0.269 e. The maximum absolute atomic E-state index is 14.0. The van der Waals surface area contributed by atoms with Crippen LogP contribution in [0.25, 0.3) is 0 Å². The second-order valence-corrected chi connectivity index (χ2v) is 12.0. The number of hydrogen-bond acceptors (Lipinski definition) is 3. The van der Waals surface area contributed by atoms with E-state index in [0.717, 1.165) is 56.2 Å². The summed E-state index contributed by atoms with van der Waals surface area (Å²) in [5.41, 5.74) is 7.13. The van der Waals surface area contributed by atoms with Crippen LogP contribution >= 0.6 is 0 Å². The largest absolute Gasteiger partial charge is 0.342 e. The van der Waals surface area contributed by atoms with Crippen molar-refractivity contribution in [3.8, 4) is 0 Å². The lowest BCUT2D eigenvalue weighted by Crippen LogP contribution is -2.44. The van der Waals surface area contributed by atoms with Gasteiger partial charge in [-0.25, -0.2) is 0 Å². The molecule has 1 amide bonds. The summed E-state index contributed by atoms with van der Waals surface area (Å²) in [6.07, 6.45) is 6.52. The molecule has 1 heterocycles. The quantitative estimate of drug-likeness (QED) is 0.356. The number of nitro benzene ring substituents is 1. The summed E-state index contributed by atoms with van der Waals surface area (Å²) in [7, 11) is 0. The van der Waals surface area contributed by atoms with Gasteiger partial charge >= 0.3 is 0 Å². The van der Waals surface area contributed by atoms with Gasteiger partial charge in [0.15, 0.2) is 0 Å². The molecule has 0 saturated carbocycles. The zero-order valence-corrected chi connectivity index (χ0v) is 22.2.